The molecule has 2 aromatic heterocycles. The Balaban J connectivity index is 1.36. The fourth-order valence-electron chi connectivity index (χ4n) is 4.03. The number of carbonyl (C=O) groups excluding carboxylic acids is 1. The highest BCUT2D eigenvalue weighted by molar-refractivity contribution is 5.91. The fraction of sp³-hybridized carbons (Fsp3) is 0.261. The van der Waals surface area contributed by atoms with Crippen LogP contribution in [0.5, 0.6) is 0 Å². The lowest BCUT2D eigenvalue weighted by atomic mass is 10.2. The monoisotopic (exact) mass is 432 g/mol. The highest BCUT2D eigenvalue weighted by atomic mass is 19.1. The normalized spacial score (nSPS) is 13.5. The zero-order valence-corrected chi connectivity index (χ0v) is 17.3. The maximum absolute atomic E-state index is 13.5. The van der Waals surface area contributed by atoms with E-state index in [0.29, 0.717) is 11.2 Å². The average Bonchev–Trinajstić information content (AvgIpc) is 3.04. The predicted octanol–water partition coefficient (Wildman–Crippen LogP) is 3.16. The molecule has 3 heterocycles. The number of hydrogen-bond donors (Lipinski definition) is 1. The lowest BCUT2D eigenvalue weighted by Crippen LogP contribution is -2.28. The quantitative estimate of drug-likeness (QED) is 0.535. The van der Waals surface area contributed by atoms with E-state index in [-0.39, 0.29) is 17.8 Å². The number of carbonyl (C=O) groups is 1. The Hall–Kier alpha value is -3.88. The van der Waals surface area contributed by atoms with Crippen molar-refractivity contribution in [3.8, 4) is 11.4 Å². The summed E-state index contributed by atoms with van der Waals surface area (Å²) in [6.45, 7) is 0.648. The van der Waals surface area contributed by atoms with Crippen LogP contribution in [-0.4, -0.2) is 30.2 Å². The van der Waals surface area contributed by atoms with E-state index in [1.807, 2.05) is 18.2 Å². The summed E-state index contributed by atoms with van der Waals surface area (Å²) in [6.07, 6.45) is 5.59. The Labute approximate surface area is 182 Å². The Bertz CT molecular complexity index is 1380. The van der Waals surface area contributed by atoms with E-state index < -0.39 is 11.4 Å². The second kappa shape index (κ2) is 8.33. The van der Waals surface area contributed by atoms with Crippen molar-refractivity contribution >= 4 is 22.5 Å². The second-order valence-electron chi connectivity index (χ2n) is 7.87. The maximum Gasteiger partial charge on any atom is 0.261 e. The highest BCUT2D eigenvalue weighted by Crippen LogP contribution is 2.25. The summed E-state index contributed by atoms with van der Waals surface area (Å²) in [5.74, 6) is 0.866. The van der Waals surface area contributed by atoms with Gasteiger partial charge >= 0.3 is 0 Å². The molecule has 4 aromatic rings. The number of nitrogens with one attached hydrogen (secondary N) is 1. The number of amides is 1. The van der Waals surface area contributed by atoms with E-state index in [1.54, 1.807) is 6.07 Å². The molecule has 0 atom stereocenters. The number of hydrogen-bond acceptors (Lipinski definition) is 5. The number of nitrogens with zero attached hydrogens (tertiary/aromatic N) is 5. The topological polar surface area (TPSA) is 94.7 Å². The van der Waals surface area contributed by atoms with Crippen molar-refractivity contribution in [2.75, 3.05) is 5.32 Å². The van der Waals surface area contributed by atoms with Crippen molar-refractivity contribution in [3.63, 3.8) is 0 Å². The predicted molar refractivity (Wildman–Crippen MR) is 118 cm³/mol. The molecular formula is C23H21FN6O2. The molecule has 1 amide bonds. The number of anilines is 1. The lowest BCUT2D eigenvalue weighted by Gasteiger charge is -2.10. The van der Waals surface area contributed by atoms with Crippen LogP contribution in [0, 0.1) is 5.82 Å². The molecule has 1 aliphatic heterocycles. The fourth-order valence-corrected chi connectivity index (χ4v) is 4.03. The van der Waals surface area contributed by atoms with Gasteiger partial charge in [-0.3, -0.25) is 14.2 Å². The molecule has 1 aliphatic rings. The molecule has 2 aromatic carbocycles. The molecule has 0 unspecified atom stereocenters. The maximum atomic E-state index is 13.5. The largest absolute Gasteiger partial charge is 0.325 e. The molecular weight excluding hydrogens is 411 g/mol. The molecule has 0 spiro atoms. The molecule has 0 saturated carbocycles. The first-order valence-corrected chi connectivity index (χ1v) is 10.6. The summed E-state index contributed by atoms with van der Waals surface area (Å²) < 4.78 is 16.8. The van der Waals surface area contributed by atoms with E-state index in [4.69, 9.17) is 0 Å². The molecule has 1 N–H and O–H groups in total. The zero-order chi connectivity index (χ0) is 22.1. The van der Waals surface area contributed by atoms with Gasteiger partial charge in [0.1, 0.15) is 18.2 Å². The number of rotatable bonds is 4. The van der Waals surface area contributed by atoms with E-state index in [1.165, 1.54) is 29.4 Å². The van der Waals surface area contributed by atoms with E-state index in [0.717, 1.165) is 49.1 Å². The van der Waals surface area contributed by atoms with Crippen molar-refractivity contribution < 1.29 is 9.18 Å². The molecule has 0 bridgehead atoms. The van der Waals surface area contributed by atoms with Gasteiger partial charge in [0.15, 0.2) is 5.82 Å². The number of aryl methyl sites for hydroxylation is 1. The number of benzene rings is 2. The Kier molecular flexibility index (Phi) is 5.22. The molecule has 0 saturated heterocycles. The van der Waals surface area contributed by atoms with Crippen LogP contribution in [0.25, 0.3) is 22.3 Å². The van der Waals surface area contributed by atoms with Crippen LogP contribution >= 0.6 is 0 Å². The summed E-state index contributed by atoms with van der Waals surface area (Å²) in [5, 5.41) is 11.6. The summed E-state index contributed by atoms with van der Waals surface area (Å²) in [5.41, 5.74) is 1.37. The van der Waals surface area contributed by atoms with Crippen LogP contribution in [0.3, 0.4) is 0 Å². The summed E-state index contributed by atoms with van der Waals surface area (Å²) in [4.78, 5) is 29.3. The lowest BCUT2D eigenvalue weighted by molar-refractivity contribution is -0.116. The molecule has 32 heavy (non-hydrogen) atoms. The van der Waals surface area contributed by atoms with Crippen LogP contribution in [0.2, 0.25) is 0 Å². The Morgan fingerprint density at radius 1 is 1.09 bits per heavy atom. The Morgan fingerprint density at radius 2 is 2.00 bits per heavy atom. The number of halogens is 1. The van der Waals surface area contributed by atoms with Gasteiger partial charge < -0.3 is 9.88 Å². The van der Waals surface area contributed by atoms with Crippen LogP contribution in [-0.2, 0) is 24.3 Å². The second-order valence-corrected chi connectivity index (χ2v) is 7.87. The van der Waals surface area contributed by atoms with Gasteiger partial charge in [-0.1, -0.05) is 18.6 Å². The molecule has 0 fully saturated rings. The third kappa shape index (κ3) is 3.89. The molecule has 8 nitrogen and oxygen atoms in total. The molecule has 9 heteroatoms. The van der Waals surface area contributed by atoms with Crippen molar-refractivity contribution in [1.29, 1.82) is 0 Å². The standard InChI is InChI=1S/C23H21FN6O2/c24-16-8-9-19-18(12-16)23(32)29(14-25-19)13-21(31)26-17-6-4-5-15(11-17)22-28-27-20-7-2-1-3-10-30(20)22/h4-6,8-9,11-12,14H,1-3,7,10,13H2,(H,26,31). The average molecular weight is 432 g/mol. The van der Waals surface area contributed by atoms with E-state index in [9.17, 15) is 14.0 Å². The molecule has 162 valence electrons. The number of fused-ring (bicyclic) bond motifs is 2. The van der Waals surface area contributed by atoms with E-state index >= 15 is 0 Å². The first-order chi connectivity index (χ1) is 15.6. The molecule has 0 aliphatic carbocycles. The smallest absolute Gasteiger partial charge is 0.261 e. The van der Waals surface area contributed by atoms with E-state index in [2.05, 4.69) is 25.1 Å². The highest BCUT2D eigenvalue weighted by Gasteiger charge is 2.16. The van der Waals surface area contributed by atoms with Gasteiger partial charge in [-0.05, 0) is 43.2 Å². The van der Waals surface area contributed by atoms with Crippen LogP contribution in [0.1, 0.15) is 25.1 Å². The first kappa shape index (κ1) is 20.0. The Morgan fingerprint density at radius 3 is 2.91 bits per heavy atom. The van der Waals surface area contributed by atoms with Gasteiger partial charge in [0.2, 0.25) is 5.91 Å². The SMILES string of the molecule is O=C(Cn1cnc2ccc(F)cc2c1=O)Nc1cccc(-c2nnc3n2CCCCC3)c1. The molecule has 5 rings (SSSR count). The van der Waals surface area contributed by atoms with Crippen molar-refractivity contribution in [1.82, 2.24) is 24.3 Å². The van der Waals surface area contributed by atoms with Crippen LogP contribution in [0.15, 0.2) is 53.6 Å². The first-order valence-electron chi connectivity index (χ1n) is 10.6. The number of aromatic nitrogens is 5. The summed E-state index contributed by atoms with van der Waals surface area (Å²) in [7, 11) is 0. The molecule has 0 radical (unpaired) electrons. The van der Waals surface area contributed by atoms with Gasteiger partial charge in [0.25, 0.3) is 5.56 Å². The van der Waals surface area contributed by atoms with Crippen LogP contribution < -0.4 is 10.9 Å². The minimum absolute atomic E-state index is 0.134. The van der Waals surface area contributed by atoms with Gasteiger partial charge in [0, 0.05) is 24.2 Å². The van der Waals surface area contributed by atoms with Gasteiger partial charge in [-0.2, -0.15) is 0 Å². The van der Waals surface area contributed by atoms with Gasteiger partial charge in [-0.25, -0.2) is 9.37 Å². The van der Waals surface area contributed by atoms with Gasteiger partial charge in [-0.15, -0.1) is 10.2 Å². The van der Waals surface area contributed by atoms with Gasteiger partial charge in [0.05, 0.1) is 17.2 Å². The third-order valence-corrected chi connectivity index (χ3v) is 5.61. The van der Waals surface area contributed by atoms with Crippen molar-refractivity contribution in [3.05, 3.63) is 70.8 Å². The van der Waals surface area contributed by atoms with Crippen molar-refractivity contribution in [2.24, 2.45) is 0 Å². The third-order valence-electron chi connectivity index (χ3n) is 5.61. The minimum atomic E-state index is -0.526. The summed E-state index contributed by atoms with van der Waals surface area (Å²) in [6, 6.07) is 11.2. The zero-order valence-electron chi connectivity index (χ0n) is 17.3. The minimum Gasteiger partial charge on any atom is -0.325 e. The van der Waals surface area contributed by atoms with Crippen LogP contribution in [0.4, 0.5) is 10.1 Å². The van der Waals surface area contributed by atoms with Crippen molar-refractivity contribution in [2.45, 2.75) is 38.8 Å². The summed E-state index contributed by atoms with van der Waals surface area (Å²) >= 11 is 0.